The summed E-state index contributed by atoms with van der Waals surface area (Å²) in [7, 11) is 2.03. The van der Waals surface area contributed by atoms with Crippen LogP contribution in [0.3, 0.4) is 0 Å². The lowest BCUT2D eigenvalue weighted by Crippen LogP contribution is -2.32. The topological polar surface area (TPSA) is 43.8 Å². The molecule has 86 valence electrons. The molecule has 2 aromatic rings. The Balaban J connectivity index is 2.31. The van der Waals surface area contributed by atoms with Crippen LogP contribution in [0.2, 0.25) is 0 Å². The van der Waals surface area contributed by atoms with Crippen molar-refractivity contribution in [1.82, 2.24) is 9.55 Å². The summed E-state index contributed by atoms with van der Waals surface area (Å²) in [5.41, 5.74) is 8.29. The number of hydrogen-bond donors (Lipinski definition) is 1. The molecule has 2 rings (SSSR count). The maximum Gasteiger partial charge on any atom is 0.139 e. The fourth-order valence-electron chi connectivity index (χ4n) is 1.95. The summed E-state index contributed by atoms with van der Waals surface area (Å²) in [5, 5.41) is 1.24. The lowest BCUT2D eigenvalue weighted by atomic mass is 9.97. The van der Waals surface area contributed by atoms with Crippen molar-refractivity contribution in [2.45, 2.75) is 32.2 Å². The number of rotatable bonds is 3. The molecule has 0 fully saturated rings. The molecule has 0 spiro atoms. The van der Waals surface area contributed by atoms with Crippen LogP contribution in [0.1, 0.15) is 25.8 Å². The Morgan fingerprint density at radius 3 is 2.88 bits per heavy atom. The molecule has 16 heavy (non-hydrogen) atoms. The van der Waals surface area contributed by atoms with E-state index in [1.54, 1.807) is 0 Å². The summed E-state index contributed by atoms with van der Waals surface area (Å²) in [4.78, 5) is 4.38. The lowest BCUT2D eigenvalue weighted by molar-refractivity contribution is 0.477. The molecular weight excluding hydrogens is 198 g/mol. The van der Waals surface area contributed by atoms with Crippen molar-refractivity contribution < 1.29 is 0 Å². The summed E-state index contributed by atoms with van der Waals surface area (Å²) in [6.07, 6.45) is 5.98. The highest BCUT2D eigenvalue weighted by atomic mass is 15.0. The van der Waals surface area contributed by atoms with Gasteiger partial charge in [-0.25, -0.2) is 4.98 Å². The van der Waals surface area contributed by atoms with Crippen LogP contribution in [0.15, 0.2) is 24.5 Å². The third-order valence-electron chi connectivity index (χ3n) is 2.85. The number of fused-ring (bicyclic) bond motifs is 1. The van der Waals surface area contributed by atoms with Crippen molar-refractivity contribution in [3.63, 3.8) is 0 Å². The third-order valence-corrected chi connectivity index (χ3v) is 2.85. The van der Waals surface area contributed by atoms with Crippen LogP contribution in [-0.4, -0.2) is 15.1 Å². The Hall–Kier alpha value is -1.35. The van der Waals surface area contributed by atoms with Crippen molar-refractivity contribution in [2.24, 2.45) is 12.8 Å². The molecule has 0 saturated heterocycles. The zero-order valence-corrected chi connectivity index (χ0v) is 10.2. The molecule has 0 aromatic carbocycles. The Labute approximate surface area is 96.3 Å². The van der Waals surface area contributed by atoms with Gasteiger partial charge in [-0.3, -0.25) is 0 Å². The number of aromatic nitrogens is 2. The van der Waals surface area contributed by atoms with E-state index in [1.165, 1.54) is 10.9 Å². The van der Waals surface area contributed by atoms with Crippen LogP contribution in [0.5, 0.6) is 0 Å². The third kappa shape index (κ3) is 2.25. The van der Waals surface area contributed by atoms with Gasteiger partial charge in [-0.2, -0.15) is 0 Å². The first-order chi connectivity index (χ1) is 7.47. The zero-order valence-electron chi connectivity index (χ0n) is 10.2. The average Bonchev–Trinajstić information content (AvgIpc) is 2.53. The van der Waals surface area contributed by atoms with Gasteiger partial charge < -0.3 is 10.3 Å². The minimum atomic E-state index is -0.107. The van der Waals surface area contributed by atoms with Gasteiger partial charge in [-0.15, -0.1) is 0 Å². The summed E-state index contributed by atoms with van der Waals surface area (Å²) in [5.74, 6) is 0. The van der Waals surface area contributed by atoms with Gasteiger partial charge in [0.1, 0.15) is 5.65 Å². The van der Waals surface area contributed by atoms with E-state index in [2.05, 4.69) is 35.7 Å². The summed E-state index contributed by atoms with van der Waals surface area (Å²) < 4.78 is 2.08. The van der Waals surface area contributed by atoms with Crippen molar-refractivity contribution in [3.05, 3.63) is 30.1 Å². The number of aryl methyl sites for hydroxylation is 2. The molecule has 0 aliphatic rings. The molecule has 0 aliphatic carbocycles. The molecular formula is C13H19N3. The Kier molecular flexibility index (Phi) is 2.72. The number of nitrogens with zero attached hydrogens (tertiary/aromatic N) is 2. The van der Waals surface area contributed by atoms with Crippen LogP contribution in [0.25, 0.3) is 11.0 Å². The average molecular weight is 217 g/mol. The normalized spacial score (nSPS) is 12.2. The summed E-state index contributed by atoms with van der Waals surface area (Å²) in [6.45, 7) is 4.13. The SMILES string of the molecule is Cn1cc(CCC(C)(C)N)c2cccnc21. The molecule has 0 bridgehead atoms. The van der Waals surface area contributed by atoms with Crippen LogP contribution in [0, 0.1) is 0 Å². The minimum Gasteiger partial charge on any atom is -0.335 e. The monoisotopic (exact) mass is 217 g/mol. The van der Waals surface area contributed by atoms with Gasteiger partial charge in [-0.1, -0.05) is 0 Å². The van der Waals surface area contributed by atoms with Gasteiger partial charge in [0.25, 0.3) is 0 Å². The highest BCUT2D eigenvalue weighted by molar-refractivity contribution is 5.80. The Bertz CT molecular complexity index is 491. The summed E-state index contributed by atoms with van der Waals surface area (Å²) in [6, 6.07) is 4.11. The second kappa shape index (κ2) is 3.91. The first-order valence-corrected chi connectivity index (χ1v) is 5.65. The van der Waals surface area contributed by atoms with E-state index in [0.717, 1.165) is 18.5 Å². The summed E-state index contributed by atoms with van der Waals surface area (Å²) >= 11 is 0. The van der Waals surface area contributed by atoms with E-state index in [-0.39, 0.29) is 5.54 Å². The maximum absolute atomic E-state index is 6.01. The molecule has 2 heterocycles. The molecule has 0 aliphatic heterocycles. The number of hydrogen-bond acceptors (Lipinski definition) is 2. The highest BCUT2D eigenvalue weighted by Gasteiger charge is 2.13. The molecule has 3 heteroatoms. The van der Waals surface area contributed by atoms with Gasteiger partial charge in [-0.05, 0) is 44.4 Å². The van der Waals surface area contributed by atoms with Crippen molar-refractivity contribution >= 4 is 11.0 Å². The molecule has 0 amide bonds. The fourth-order valence-corrected chi connectivity index (χ4v) is 1.95. The van der Waals surface area contributed by atoms with E-state index in [9.17, 15) is 0 Å². The first kappa shape index (κ1) is 11.1. The van der Waals surface area contributed by atoms with E-state index < -0.39 is 0 Å². The van der Waals surface area contributed by atoms with Gasteiger partial charge in [0.2, 0.25) is 0 Å². The predicted octanol–water partition coefficient (Wildman–Crippen LogP) is 2.24. The van der Waals surface area contributed by atoms with Crippen molar-refractivity contribution in [2.75, 3.05) is 0 Å². The van der Waals surface area contributed by atoms with Gasteiger partial charge in [0, 0.05) is 30.4 Å². The predicted molar refractivity (Wildman–Crippen MR) is 67.3 cm³/mol. The molecule has 0 atom stereocenters. The molecule has 2 N–H and O–H groups in total. The van der Waals surface area contributed by atoms with Crippen LogP contribution < -0.4 is 5.73 Å². The van der Waals surface area contributed by atoms with Crippen molar-refractivity contribution in [1.29, 1.82) is 0 Å². The fraction of sp³-hybridized carbons (Fsp3) is 0.462. The van der Waals surface area contributed by atoms with E-state index >= 15 is 0 Å². The second-order valence-corrected chi connectivity index (χ2v) is 5.13. The van der Waals surface area contributed by atoms with E-state index in [1.807, 2.05) is 19.3 Å². The van der Waals surface area contributed by atoms with Crippen LogP contribution in [-0.2, 0) is 13.5 Å². The van der Waals surface area contributed by atoms with E-state index in [0.29, 0.717) is 0 Å². The molecule has 0 unspecified atom stereocenters. The lowest BCUT2D eigenvalue weighted by Gasteiger charge is -2.17. The quantitative estimate of drug-likeness (QED) is 0.857. The zero-order chi connectivity index (χ0) is 11.8. The molecule has 0 radical (unpaired) electrons. The number of nitrogens with two attached hydrogens (primary N) is 1. The maximum atomic E-state index is 6.01. The number of pyridine rings is 1. The Morgan fingerprint density at radius 1 is 1.44 bits per heavy atom. The standard InChI is InChI=1S/C13H19N3/c1-13(2,14)7-6-10-9-16(3)12-11(10)5-4-8-15-12/h4-5,8-9H,6-7,14H2,1-3H3. The molecule has 2 aromatic heterocycles. The Morgan fingerprint density at radius 2 is 2.19 bits per heavy atom. The van der Waals surface area contributed by atoms with Gasteiger partial charge in [0.15, 0.2) is 0 Å². The smallest absolute Gasteiger partial charge is 0.139 e. The first-order valence-electron chi connectivity index (χ1n) is 5.65. The van der Waals surface area contributed by atoms with Crippen LogP contribution in [0.4, 0.5) is 0 Å². The van der Waals surface area contributed by atoms with Gasteiger partial charge >= 0.3 is 0 Å². The second-order valence-electron chi connectivity index (χ2n) is 5.13. The largest absolute Gasteiger partial charge is 0.335 e. The van der Waals surface area contributed by atoms with Crippen LogP contribution >= 0.6 is 0 Å². The molecule has 3 nitrogen and oxygen atoms in total. The van der Waals surface area contributed by atoms with Crippen molar-refractivity contribution in [3.8, 4) is 0 Å². The highest BCUT2D eigenvalue weighted by Crippen LogP contribution is 2.21. The van der Waals surface area contributed by atoms with E-state index in [4.69, 9.17) is 5.73 Å². The van der Waals surface area contributed by atoms with Gasteiger partial charge in [0.05, 0.1) is 0 Å². The minimum absolute atomic E-state index is 0.107. The molecule has 0 saturated carbocycles.